The number of unbranched alkanes of at least 4 members (excludes halogenated alkanes) is 8. The van der Waals surface area contributed by atoms with Gasteiger partial charge in [-0.15, -0.1) is 0 Å². The van der Waals surface area contributed by atoms with Crippen LogP contribution in [0.2, 0.25) is 0 Å². The van der Waals surface area contributed by atoms with E-state index in [4.69, 9.17) is 14.6 Å². The van der Waals surface area contributed by atoms with Gasteiger partial charge in [0.1, 0.15) is 18.3 Å². The van der Waals surface area contributed by atoms with E-state index in [1.807, 2.05) is 13.8 Å². The van der Waals surface area contributed by atoms with Crippen LogP contribution in [0.4, 0.5) is 0 Å². The first-order valence-corrected chi connectivity index (χ1v) is 11.6. The first kappa shape index (κ1) is 30.7. The van der Waals surface area contributed by atoms with Gasteiger partial charge in [0.2, 0.25) is 0 Å². The number of aliphatic hydroxyl groups is 6. The van der Waals surface area contributed by atoms with Crippen molar-refractivity contribution in [1.82, 2.24) is 0 Å². The minimum atomic E-state index is -3.27. The van der Waals surface area contributed by atoms with Crippen molar-refractivity contribution < 1.29 is 49.7 Å². The Morgan fingerprint density at radius 3 is 1.50 bits per heavy atom. The summed E-state index contributed by atoms with van der Waals surface area (Å²) in [6.07, 6.45) is -0.742. The van der Waals surface area contributed by atoms with Crippen molar-refractivity contribution in [3.63, 3.8) is 0 Å². The Labute approximate surface area is 190 Å². The van der Waals surface area contributed by atoms with Crippen LogP contribution < -0.4 is 0 Å². The van der Waals surface area contributed by atoms with Gasteiger partial charge in [-0.3, -0.25) is 9.59 Å². The maximum Gasteiger partial charge on any atom is 0.403 e. The van der Waals surface area contributed by atoms with Crippen LogP contribution >= 0.6 is 0 Å². The molecule has 0 radical (unpaired) electrons. The Kier molecular flexibility index (Phi) is 16.5. The van der Waals surface area contributed by atoms with Crippen LogP contribution in [-0.4, -0.2) is 79.6 Å². The maximum absolute atomic E-state index is 12.2. The highest BCUT2D eigenvalue weighted by Gasteiger charge is 2.51. The van der Waals surface area contributed by atoms with Gasteiger partial charge in [0.05, 0.1) is 6.61 Å². The number of ether oxygens (including phenoxy) is 2. The zero-order valence-electron chi connectivity index (χ0n) is 19.3. The summed E-state index contributed by atoms with van der Waals surface area (Å²) in [6, 6.07) is 0. The number of hydrogen-bond donors (Lipinski definition) is 6. The molecule has 0 rings (SSSR count). The minimum absolute atomic E-state index is 0.120. The fourth-order valence-electron chi connectivity index (χ4n) is 3.05. The lowest BCUT2D eigenvalue weighted by molar-refractivity contribution is -0.375. The summed E-state index contributed by atoms with van der Waals surface area (Å²) in [4.78, 5) is 24.3. The van der Waals surface area contributed by atoms with Crippen LogP contribution in [-0.2, 0) is 19.1 Å². The average molecular weight is 467 g/mol. The monoisotopic (exact) mass is 466 g/mol. The molecule has 0 saturated carbocycles. The molecule has 0 aliphatic carbocycles. The summed E-state index contributed by atoms with van der Waals surface area (Å²) in [6.45, 7) is 3.14. The maximum atomic E-state index is 12.2. The zero-order chi connectivity index (χ0) is 24.6. The van der Waals surface area contributed by atoms with Gasteiger partial charge in [-0.2, -0.15) is 0 Å². The van der Waals surface area contributed by atoms with Gasteiger partial charge in [0.15, 0.2) is 6.10 Å². The molecule has 0 aliphatic heterocycles. The van der Waals surface area contributed by atoms with Crippen LogP contribution in [0, 0.1) is 0 Å². The topological polar surface area (TPSA) is 174 Å². The molecule has 10 heteroatoms. The van der Waals surface area contributed by atoms with Gasteiger partial charge in [-0.25, -0.2) is 0 Å². The molecule has 10 nitrogen and oxygen atoms in total. The smallest absolute Gasteiger partial charge is 0.396 e. The van der Waals surface area contributed by atoms with Crippen molar-refractivity contribution in [1.29, 1.82) is 0 Å². The van der Waals surface area contributed by atoms with Crippen LogP contribution in [0.3, 0.4) is 0 Å². The fourth-order valence-corrected chi connectivity index (χ4v) is 3.05. The lowest BCUT2D eigenvalue weighted by Gasteiger charge is -2.35. The highest BCUT2D eigenvalue weighted by molar-refractivity contribution is 5.71. The second-order valence-corrected chi connectivity index (χ2v) is 8.08. The van der Waals surface area contributed by atoms with E-state index in [2.05, 4.69) is 0 Å². The molecule has 0 unspecified atom stereocenters. The molecule has 0 saturated heterocycles. The summed E-state index contributed by atoms with van der Waals surface area (Å²) in [5.74, 6) is -5.21. The van der Waals surface area contributed by atoms with Gasteiger partial charge < -0.3 is 40.1 Å². The molecule has 0 aromatic heterocycles. The first-order valence-electron chi connectivity index (χ1n) is 11.6. The highest BCUT2D eigenvalue weighted by atomic mass is 16.8. The number of hydrogen-bond acceptors (Lipinski definition) is 10. The number of carbonyl (C=O) groups is 2. The van der Waals surface area contributed by atoms with E-state index in [0.29, 0.717) is 12.8 Å². The summed E-state index contributed by atoms with van der Waals surface area (Å²) in [7, 11) is 0. The van der Waals surface area contributed by atoms with Crippen LogP contribution in [0.15, 0.2) is 0 Å². The van der Waals surface area contributed by atoms with Crippen molar-refractivity contribution in [2.24, 2.45) is 0 Å². The molecule has 0 heterocycles. The van der Waals surface area contributed by atoms with E-state index in [-0.39, 0.29) is 12.8 Å². The van der Waals surface area contributed by atoms with E-state index >= 15 is 0 Å². The van der Waals surface area contributed by atoms with Crippen molar-refractivity contribution in [2.45, 2.75) is 121 Å². The predicted molar refractivity (Wildman–Crippen MR) is 115 cm³/mol. The van der Waals surface area contributed by atoms with Crippen LogP contribution in [0.5, 0.6) is 0 Å². The molecule has 0 bridgehead atoms. The van der Waals surface area contributed by atoms with E-state index < -0.39 is 48.9 Å². The standard InChI is InChI=1S/C22H42O10/c1-3-5-7-9-11-13-17(25)31-22(30,21(29)20(28)19(27)16(24)15-23)32-18(26)14-12-10-8-6-4-2/h16,19-21,23-24,27-30H,3-15H2,1-2H3/t16-,19+,20+,21+/m0/s1. The van der Waals surface area contributed by atoms with Gasteiger partial charge >= 0.3 is 17.9 Å². The van der Waals surface area contributed by atoms with E-state index in [1.54, 1.807) is 0 Å². The molecule has 0 aliphatic rings. The predicted octanol–water partition coefficient (Wildman–Crippen LogP) is 0.876. The average Bonchev–Trinajstić information content (AvgIpc) is 2.76. The number of aliphatic hydroxyl groups excluding tert-OH is 5. The summed E-state index contributed by atoms with van der Waals surface area (Å²) < 4.78 is 9.63. The zero-order valence-corrected chi connectivity index (χ0v) is 19.3. The molecular formula is C22H42O10. The SMILES string of the molecule is CCCCCCCC(=O)OC(O)(OC(=O)CCCCCCC)[C@H](O)[C@H](O)[C@H](O)[C@@H](O)CO. The number of carbonyl (C=O) groups excluding carboxylic acids is 2. The lowest BCUT2D eigenvalue weighted by Crippen LogP contribution is -2.59. The molecule has 190 valence electrons. The molecule has 0 spiro atoms. The van der Waals surface area contributed by atoms with Gasteiger partial charge in [-0.1, -0.05) is 65.2 Å². The summed E-state index contributed by atoms with van der Waals surface area (Å²) in [5, 5.41) is 59.2. The van der Waals surface area contributed by atoms with Crippen molar-refractivity contribution in [3.05, 3.63) is 0 Å². The second kappa shape index (κ2) is 17.2. The van der Waals surface area contributed by atoms with Crippen molar-refractivity contribution in [2.75, 3.05) is 6.61 Å². The Morgan fingerprint density at radius 2 is 1.12 bits per heavy atom. The molecule has 0 aromatic carbocycles. The van der Waals surface area contributed by atoms with E-state index in [9.17, 15) is 35.1 Å². The molecule has 0 fully saturated rings. The van der Waals surface area contributed by atoms with E-state index in [0.717, 1.165) is 51.4 Å². The minimum Gasteiger partial charge on any atom is -0.396 e. The summed E-state index contributed by atoms with van der Waals surface area (Å²) >= 11 is 0. The third-order valence-electron chi connectivity index (χ3n) is 5.12. The molecule has 0 aromatic rings. The Morgan fingerprint density at radius 1 is 0.719 bits per heavy atom. The molecular weight excluding hydrogens is 424 g/mol. The molecule has 32 heavy (non-hydrogen) atoms. The first-order chi connectivity index (χ1) is 15.1. The van der Waals surface area contributed by atoms with Crippen molar-refractivity contribution >= 4 is 11.9 Å². The largest absolute Gasteiger partial charge is 0.403 e. The highest BCUT2D eigenvalue weighted by Crippen LogP contribution is 2.23. The van der Waals surface area contributed by atoms with Crippen LogP contribution in [0.1, 0.15) is 90.9 Å². The third kappa shape index (κ3) is 12.1. The lowest BCUT2D eigenvalue weighted by atomic mass is 10.0. The van der Waals surface area contributed by atoms with Gasteiger partial charge in [-0.05, 0) is 12.8 Å². The second-order valence-electron chi connectivity index (χ2n) is 8.08. The fraction of sp³-hybridized carbons (Fsp3) is 0.909. The molecule has 6 N–H and O–H groups in total. The van der Waals surface area contributed by atoms with Gasteiger partial charge in [0, 0.05) is 12.8 Å². The van der Waals surface area contributed by atoms with E-state index in [1.165, 1.54) is 0 Å². The Hall–Kier alpha value is -1.30. The number of rotatable bonds is 19. The third-order valence-corrected chi connectivity index (χ3v) is 5.12. The van der Waals surface area contributed by atoms with Gasteiger partial charge in [0.25, 0.3) is 0 Å². The summed E-state index contributed by atoms with van der Waals surface area (Å²) in [5.41, 5.74) is 0. The number of esters is 2. The molecule has 0 amide bonds. The molecule has 4 atom stereocenters. The Balaban J connectivity index is 5.13. The van der Waals surface area contributed by atoms with Crippen molar-refractivity contribution in [3.8, 4) is 0 Å². The quantitative estimate of drug-likeness (QED) is 0.0910. The Bertz CT molecular complexity index is 485. The van der Waals surface area contributed by atoms with Crippen LogP contribution in [0.25, 0.3) is 0 Å². The normalized spacial score (nSPS) is 15.6.